The molecule has 1 fully saturated rings. The van der Waals surface area contributed by atoms with Crippen LogP contribution < -0.4 is 4.74 Å². The van der Waals surface area contributed by atoms with E-state index in [0.717, 1.165) is 12.0 Å². The SMILES string of the molecule is CCCOc1cccc([C@@H]2C(=C(O)c3ccccc3)C(=O)C(=O)N2Cc2cccnc2)c1. The number of nitrogens with zero attached hydrogens (tertiary/aromatic N) is 2. The molecule has 0 spiro atoms. The summed E-state index contributed by atoms with van der Waals surface area (Å²) < 4.78 is 5.77. The Hall–Kier alpha value is -3.93. The van der Waals surface area contributed by atoms with Crippen molar-refractivity contribution in [2.75, 3.05) is 6.61 Å². The molecule has 6 nitrogen and oxygen atoms in total. The highest BCUT2D eigenvalue weighted by molar-refractivity contribution is 6.46. The van der Waals surface area contributed by atoms with Crippen LogP contribution in [-0.2, 0) is 16.1 Å². The molecule has 4 rings (SSSR count). The van der Waals surface area contributed by atoms with E-state index in [9.17, 15) is 14.7 Å². The first-order chi connectivity index (χ1) is 15.6. The second-order valence-corrected chi connectivity index (χ2v) is 7.58. The molecule has 1 aromatic heterocycles. The molecule has 6 heteroatoms. The zero-order chi connectivity index (χ0) is 22.5. The number of ketones is 1. The molecule has 1 aliphatic rings. The predicted octanol–water partition coefficient (Wildman–Crippen LogP) is 4.49. The van der Waals surface area contributed by atoms with Gasteiger partial charge in [0.05, 0.1) is 18.2 Å². The van der Waals surface area contributed by atoms with Gasteiger partial charge in [0.1, 0.15) is 11.5 Å². The molecule has 2 aromatic carbocycles. The number of rotatable bonds is 7. The summed E-state index contributed by atoms with van der Waals surface area (Å²) in [5, 5.41) is 11.1. The maximum atomic E-state index is 13.1. The summed E-state index contributed by atoms with van der Waals surface area (Å²) in [6.07, 6.45) is 4.17. The highest BCUT2D eigenvalue weighted by Gasteiger charge is 2.46. The minimum atomic E-state index is -0.749. The average Bonchev–Trinajstić information content (AvgIpc) is 3.08. The fourth-order valence-corrected chi connectivity index (χ4v) is 3.82. The Bertz CT molecular complexity index is 1140. The molecule has 1 amide bonds. The molecule has 162 valence electrons. The third kappa shape index (κ3) is 4.25. The smallest absolute Gasteiger partial charge is 0.295 e. The summed E-state index contributed by atoms with van der Waals surface area (Å²) in [6, 6.07) is 19.0. The fourth-order valence-electron chi connectivity index (χ4n) is 3.82. The van der Waals surface area contributed by atoms with E-state index < -0.39 is 17.7 Å². The summed E-state index contributed by atoms with van der Waals surface area (Å²) in [4.78, 5) is 31.8. The highest BCUT2D eigenvalue weighted by Crippen LogP contribution is 2.41. The van der Waals surface area contributed by atoms with Gasteiger partial charge in [0, 0.05) is 24.5 Å². The molecule has 1 aliphatic heterocycles. The molecule has 1 saturated heterocycles. The van der Waals surface area contributed by atoms with Crippen LogP contribution in [0.15, 0.2) is 84.7 Å². The molecular formula is C26H24N2O4. The van der Waals surface area contributed by atoms with Gasteiger partial charge >= 0.3 is 0 Å². The number of pyridine rings is 1. The maximum Gasteiger partial charge on any atom is 0.295 e. The van der Waals surface area contributed by atoms with Crippen molar-refractivity contribution in [3.63, 3.8) is 0 Å². The van der Waals surface area contributed by atoms with E-state index in [1.165, 1.54) is 4.90 Å². The molecule has 2 heterocycles. The number of aliphatic hydroxyl groups excluding tert-OH is 1. The number of likely N-dealkylation sites (tertiary alicyclic amines) is 1. The highest BCUT2D eigenvalue weighted by atomic mass is 16.5. The molecule has 1 N–H and O–H groups in total. The van der Waals surface area contributed by atoms with Crippen molar-refractivity contribution in [1.29, 1.82) is 0 Å². The summed E-state index contributed by atoms with van der Waals surface area (Å²) in [5.41, 5.74) is 2.03. The lowest BCUT2D eigenvalue weighted by Crippen LogP contribution is -2.29. The minimum Gasteiger partial charge on any atom is -0.507 e. The lowest BCUT2D eigenvalue weighted by Gasteiger charge is -2.25. The molecule has 0 saturated carbocycles. The molecular weight excluding hydrogens is 404 g/mol. The van der Waals surface area contributed by atoms with Crippen LogP contribution in [0.3, 0.4) is 0 Å². The molecule has 0 bridgehead atoms. The van der Waals surface area contributed by atoms with Crippen LogP contribution in [0.1, 0.15) is 36.1 Å². The van der Waals surface area contributed by atoms with Gasteiger partial charge in [-0.25, -0.2) is 0 Å². The Morgan fingerprint density at radius 2 is 1.88 bits per heavy atom. The number of hydrogen-bond acceptors (Lipinski definition) is 5. The Kier molecular flexibility index (Phi) is 6.31. The first-order valence-electron chi connectivity index (χ1n) is 10.6. The summed E-state index contributed by atoms with van der Waals surface area (Å²) >= 11 is 0. The second kappa shape index (κ2) is 9.47. The van der Waals surface area contributed by atoms with Crippen LogP contribution in [0.2, 0.25) is 0 Å². The topological polar surface area (TPSA) is 79.7 Å². The second-order valence-electron chi connectivity index (χ2n) is 7.58. The van der Waals surface area contributed by atoms with Crippen LogP contribution in [0.5, 0.6) is 5.75 Å². The van der Waals surface area contributed by atoms with Crippen LogP contribution in [-0.4, -0.2) is 33.3 Å². The third-order valence-corrected chi connectivity index (χ3v) is 5.31. The standard InChI is InChI=1S/C26H24N2O4/c1-2-14-32-21-12-6-11-20(15-21)23-22(24(29)19-9-4-3-5-10-19)25(30)26(31)28(23)17-18-8-7-13-27-16-18/h3-13,15-16,23,29H,2,14,17H2,1H3/t23-/m1/s1. The molecule has 3 aromatic rings. The van der Waals surface area contributed by atoms with Crippen molar-refractivity contribution in [2.24, 2.45) is 0 Å². The number of benzene rings is 2. The Morgan fingerprint density at radius 3 is 2.59 bits per heavy atom. The van der Waals surface area contributed by atoms with E-state index in [4.69, 9.17) is 4.74 Å². The van der Waals surface area contributed by atoms with E-state index in [1.54, 1.807) is 42.7 Å². The van der Waals surface area contributed by atoms with Gasteiger partial charge in [0.15, 0.2) is 0 Å². The number of amides is 1. The summed E-state index contributed by atoms with van der Waals surface area (Å²) in [7, 11) is 0. The normalized spacial score (nSPS) is 17.5. The number of carbonyl (C=O) groups excluding carboxylic acids is 2. The van der Waals surface area contributed by atoms with Crippen molar-refractivity contribution < 1.29 is 19.4 Å². The third-order valence-electron chi connectivity index (χ3n) is 5.31. The number of aromatic nitrogens is 1. The molecule has 1 atom stereocenters. The molecule has 0 aliphatic carbocycles. The first kappa shape index (κ1) is 21.3. The fraction of sp³-hybridized carbons (Fsp3) is 0.192. The van der Waals surface area contributed by atoms with Gasteiger partial charge in [-0.3, -0.25) is 14.6 Å². The number of Topliss-reactive ketones (excluding diaryl/α,β-unsaturated/α-hetero) is 1. The zero-order valence-corrected chi connectivity index (χ0v) is 17.8. The monoisotopic (exact) mass is 428 g/mol. The van der Waals surface area contributed by atoms with Crippen molar-refractivity contribution in [2.45, 2.75) is 25.9 Å². The van der Waals surface area contributed by atoms with Gasteiger partial charge < -0.3 is 14.7 Å². The van der Waals surface area contributed by atoms with Gasteiger partial charge in [-0.2, -0.15) is 0 Å². The van der Waals surface area contributed by atoms with Crippen LogP contribution in [0.25, 0.3) is 5.76 Å². The van der Waals surface area contributed by atoms with Crippen molar-refractivity contribution >= 4 is 17.4 Å². The number of hydrogen-bond donors (Lipinski definition) is 1. The van der Waals surface area contributed by atoms with E-state index in [1.807, 2.05) is 43.3 Å². The van der Waals surface area contributed by atoms with E-state index in [-0.39, 0.29) is 17.9 Å². The Morgan fingerprint density at radius 1 is 1.06 bits per heavy atom. The van der Waals surface area contributed by atoms with Crippen molar-refractivity contribution in [3.8, 4) is 5.75 Å². The first-order valence-corrected chi connectivity index (χ1v) is 10.6. The van der Waals surface area contributed by atoms with Gasteiger partial charge in [0.2, 0.25) is 0 Å². The maximum absolute atomic E-state index is 13.1. The molecule has 0 radical (unpaired) electrons. The average molecular weight is 428 g/mol. The van der Waals surface area contributed by atoms with Gasteiger partial charge in [-0.1, -0.05) is 55.5 Å². The van der Waals surface area contributed by atoms with Gasteiger partial charge in [0.25, 0.3) is 11.7 Å². The van der Waals surface area contributed by atoms with E-state index in [2.05, 4.69) is 4.98 Å². The van der Waals surface area contributed by atoms with Gasteiger partial charge in [-0.15, -0.1) is 0 Å². The van der Waals surface area contributed by atoms with E-state index in [0.29, 0.717) is 23.5 Å². The Balaban J connectivity index is 1.83. The number of carbonyl (C=O) groups is 2. The van der Waals surface area contributed by atoms with Crippen LogP contribution in [0, 0.1) is 0 Å². The number of aliphatic hydroxyl groups is 1. The molecule has 0 unspecified atom stereocenters. The zero-order valence-electron chi connectivity index (χ0n) is 17.8. The van der Waals surface area contributed by atoms with Crippen molar-refractivity contribution in [1.82, 2.24) is 9.88 Å². The van der Waals surface area contributed by atoms with Crippen molar-refractivity contribution in [3.05, 3.63) is 101 Å². The minimum absolute atomic E-state index is 0.0673. The van der Waals surface area contributed by atoms with E-state index >= 15 is 0 Å². The quantitative estimate of drug-likeness (QED) is 0.341. The van der Waals surface area contributed by atoms with Crippen LogP contribution in [0.4, 0.5) is 0 Å². The Labute approximate surface area is 186 Å². The van der Waals surface area contributed by atoms with Crippen LogP contribution >= 0.6 is 0 Å². The lowest BCUT2D eigenvalue weighted by molar-refractivity contribution is -0.140. The molecule has 32 heavy (non-hydrogen) atoms. The summed E-state index contributed by atoms with van der Waals surface area (Å²) in [6.45, 7) is 2.77. The predicted molar refractivity (Wildman–Crippen MR) is 121 cm³/mol. The number of ether oxygens (including phenoxy) is 1. The lowest BCUT2D eigenvalue weighted by atomic mass is 9.95. The largest absolute Gasteiger partial charge is 0.507 e. The van der Waals surface area contributed by atoms with Gasteiger partial charge in [-0.05, 0) is 35.7 Å². The summed E-state index contributed by atoms with van der Waals surface area (Å²) in [5.74, 6) is -0.908.